The normalized spacial score (nSPS) is 25.0. The molecule has 3 unspecified atom stereocenters. The Balaban J connectivity index is 2.03. The van der Waals surface area contributed by atoms with Crippen molar-refractivity contribution < 1.29 is 0 Å². The molecular formula is C19H32N2. The third-order valence-corrected chi connectivity index (χ3v) is 4.51. The van der Waals surface area contributed by atoms with Crippen LogP contribution >= 0.6 is 0 Å². The summed E-state index contributed by atoms with van der Waals surface area (Å²) in [6.07, 6.45) is 2.57. The van der Waals surface area contributed by atoms with Crippen molar-refractivity contribution in [2.45, 2.75) is 46.6 Å². The first-order valence-electron chi connectivity index (χ1n) is 8.60. The molecule has 0 saturated carbocycles. The van der Waals surface area contributed by atoms with Gasteiger partial charge in [-0.05, 0) is 43.7 Å². The van der Waals surface area contributed by atoms with Crippen LogP contribution in [0.2, 0.25) is 0 Å². The average Bonchev–Trinajstić information content (AvgIpc) is 2.43. The summed E-state index contributed by atoms with van der Waals surface area (Å²) in [6.45, 7) is 13.9. The number of nitrogens with one attached hydrogen (secondary N) is 1. The second kappa shape index (κ2) is 7.95. The van der Waals surface area contributed by atoms with Gasteiger partial charge < -0.3 is 10.2 Å². The Hall–Kier alpha value is -0.860. The number of likely N-dealkylation sites (tertiary alicyclic amines) is 1. The van der Waals surface area contributed by atoms with Gasteiger partial charge in [0.05, 0.1) is 0 Å². The molecule has 3 atom stereocenters. The highest BCUT2D eigenvalue weighted by molar-refractivity contribution is 5.24. The minimum absolute atomic E-state index is 0.461. The standard InChI is InChI=1S/C19H32N2/c1-5-10-20-19(18-8-6-15(2)7-9-18)14-21-12-16(3)11-17(4)13-21/h6-9,16-17,19-20H,5,10-14H2,1-4H3. The summed E-state index contributed by atoms with van der Waals surface area (Å²) in [5.74, 6) is 1.66. The molecule has 0 bridgehead atoms. The maximum atomic E-state index is 3.74. The van der Waals surface area contributed by atoms with Crippen molar-refractivity contribution in [1.29, 1.82) is 0 Å². The number of hydrogen-bond donors (Lipinski definition) is 1. The molecule has 1 N–H and O–H groups in total. The molecule has 1 aliphatic heterocycles. The van der Waals surface area contributed by atoms with Crippen molar-refractivity contribution in [2.24, 2.45) is 11.8 Å². The van der Waals surface area contributed by atoms with E-state index in [-0.39, 0.29) is 0 Å². The minimum Gasteiger partial charge on any atom is -0.309 e. The summed E-state index contributed by atoms with van der Waals surface area (Å²) in [7, 11) is 0. The summed E-state index contributed by atoms with van der Waals surface area (Å²) in [5, 5.41) is 3.74. The van der Waals surface area contributed by atoms with Crippen LogP contribution in [0.3, 0.4) is 0 Å². The lowest BCUT2D eigenvalue weighted by Gasteiger charge is -2.37. The Bertz CT molecular complexity index is 402. The summed E-state index contributed by atoms with van der Waals surface area (Å²) in [6, 6.07) is 9.51. The number of benzene rings is 1. The minimum atomic E-state index is 0.461. The molecule has 2 rings (SSSR count). The van der Waals surface area contributed by atoms with Crippen LogP contribution in [0, 0.1) is 18.8 Å². The third-order valence-electron chi connectivity index (χ3n) is 4.51. The second-order valence-corrected chi connectivity index (χ2v) is 7.08. The summed E-state index contributed by atoms with van der Waals surface area (Å²) < 4.78 is 0. The number of rotatable bonds is 6. The number of hydrogen-bond acceptors (Lipinski definition) is 2. The van der Waals surface area contributed by atoms with E-state index in [1.54, 1.807) is 0 Å². The zero-order chi connectivity index (χ0) is 15.2. The maximum Gasteiger partial charge on any atom is 0.0449 e. The molecule has 0 radical (unpaired) electrons. The fourth-order valence-electron chi connectivity index (χ4n) is 3.60. The van der Waals surface area contributed by atoms with Crippen LogP contribution in [0.4, 0.5) is 0 Å². The van der Waals surface area contributed by atoms with Gasteiger partial charge in [-0.2, -0.15) is 0 Å². The summed E-state index contributed by atoms with van der Waals surface area (Å²) >= 11 is 0. The van der Waals surface area contributed by atoms with Gasteiger partial charge in [0, 0.05) is 25.7 Å². The van der Waals surface area contributed by atoms with Crippen molar-refractivity contribution in [1.82, 2.24) is 10.2 Å². The van der Waals surface area contributed by atoms with Gasteiger partial charge in [0.2, 0.25) is 0 Å². The molecule has 1 aromatic rings. The van der Waals surface area contributed by atoms with Crippen LogP contribution in [0.25, 0.3) is 0 Å². The van der Waals surface area contributed by atoms with Crippen LogP contribution in [0.15, 0.2) is 24.3 Å². The zero-order valence-electron chi connectivity index (χ0n) is 14.2. The van der Waals surface area contributed by atoms with Crippen LogP contribution in [0.5, 0.6) is 0 Å². The Morgan fingerprint density at radius 2 is 1.76 bits per heavy atom. The molecule has 0 spiro atoms. The summed E-state index contributed by atoms with van der Waals surface area (Å²) in [4.78, 5) is 2.66. The van der Waals surface area contributed by atoms with Crippen molar-refractivity contribution in [3.05, 3.63) is 35.4 Å². The smallest absolute Gasteiger partial charge is 0.0449 e. The molecule has 2 heteroatoms. The van der Waals surface area contributed by atoms with E-state index in [0.717, 1.165) is 24.9 Å². The van der Waals surface area contributed by atoms with Gasteiger partial charge in [0.1, 0.15) is 0 Å². The van der Waals surface area contributed by atoms with E-state index in [2.05, 4.69) is 62.2 Å². The van der Waals surface area contributed by atoms with E-state index >= 15 is 0 Å². The van der Waals surface area contributed by atoms with Gasteiger partial charge in [-0.25, -0.2) is 0 Å². The molecule has 1 heterocycles. The predicted molar refractivity (Wildman–Crippen MR) is 91.6 cm³/mol. The first-order valence-corrected chi connectivity index (χ1v) is 8.60. The molecule has 21 heavy (non-hydrogen) atoms. The average molecular weight is 288 g/mol. The van der Waals surface area contributed by atoms with Crippen molar-refractivity contribution in [3.8, 4) is 0 Å². The van der Waals surface area contributed by atoms with Crippen LogP contribution in [0.1, 0.15) is 50.8 Å². The van der Waals surface area contributed by atoms with Crippen LogP contribution < -0.4 is 5.32 Å². The SMILES string of the molecule is CCCNC(CN1CC(C)CC(C)C1)c1ccc(C)cc1. The van der Waals surface area contributed by atoms with Crippen molar-refractivity contribution in [3.63, 3.8) is 0 Å². The Morgan fingerprint density at radius 1 is 1.14 bits per heavy atom. The van der Waals surface area contributed by atoms with Crippen molar-refractivity contribution >= 4 is 0 Å². The van der Waals surface area contributed by atoms with Gasteiger partial charge in [0.25, 0.3) is 0 Å². The molecule has 1 fully saturated rings. The number of nitrogens with zero attached hydrogens (tertiary/aromatic N) is 1. The third kappa shape index (κ3) is 5.12. The van der Waals surface area contributed by atoms with E-state index in [1.807, 2.05) is 0 Å². The van der Waals surface area contributed by atoms with Gasteiger partial charge in [-0.15, -0.1) is 0 Å². The Kier molecular flexibility index (Phi) is 6.25. The molecular weight excluding hydrogens is 256 g/mol. The van der Waals surface area contributed by atoms with Gasteiger partial charge >= 0.3 is 0 Å². The molecule has 0 aromatic heterocycles. The second-order valence-electron chi connectivity index (χ2n) is 7.08. The van der Waals surface area contributed by atoms with Crippen LogP contribution in [-0.2, 0) is 0 Å². The fourth-order valence-corrected chi connectivity index (χ4v) is 3.60. The molecule has 1 aliphatic rings. The highest BCUT2D eigenvalue weighted by atomic mass is 15.2. The molecule has 118 valence electrons. The van der Waals surface area contributed by atoms with E-state index in [1.165, 1.54) is 37.1 Å². The highest BCUT2D eigenvalue weighted by Crippen LogP contribution is 2.24. The zero-order valence-corrected chi connectivity index (χ0v) is 14.2. The fraction of sp³-hybridized carbons (Fsp3) is 0.684. The Labute approximate surface area is 130 Å². The quantitative estimate of drug-likeness (QED) is 0.850. The van der Waals surface area contributed by atoms with E-state index in [0.29, 0.717) is 6.04 Å². The summed E-state index contributed by atoms with van der Waals surface area (Å²) in [5.41, 5.74) is 2.77. The molecule has 1 saturated heterocycles. The number of piperidine rings is 1. The molecule has 0 amide bonds. The monoisotopic (exact) mass is 288 g/mol. The topological polar surface area (TPSA) is 15.3 Å². The first-order chi connectivity index (χ1) is 10.1. The van der Waals surface area contributed by atoms with Gasteiger partial charge in [-0.1, -0.05) is 50.6 Å². The van der Waals surface area contributed by atoms with Crippen molar-refractivity contribution in [2.75, 3.05) is 26.2 Å². The predicted octanol–water partition coefficient (Wildman–Crippen LogP) is 4.01. The van der Waals surface area contributed by atoms with E-state index < -0.39 is 0 Å². The number of aryl methyl sites for hydroxylation is 1. The highest BCUT2D eigenvalue weighted by Gasteiger charge is 2.24. The van der Waals surface area contributed by atoms with Gasteiger partial charge in [-0.3, -0.25) is 0 Å². The maximum absolute atomic E-state index is 3.74. The van der Waals surface area contributed by atoms with Gasteiger partial charge in [0.15, 0.2) is 0 Å². The largest absolute Gasteiger partial charge is 0.309 e. The first kappa shape index (κ1) is 16.5. The van der Waals surface area contributed by atoms with E-state index in [4.69, 9.17) is 0 Å². The molecule has 1 aromatic carbocycles. The van der Waals surface area contributed by atoms with E-state index in [9.17, 15) is 0 Å². The lowest BCUT2D eigenvalue weighted by atomic mass is 9.91. The lowest BCUT2D eigenvalue weighted by Crippen LogP contribution is -2.43. The Morgan fingerprint density at radius 3 is 2.33 bits per heavy atom. The van der Waals surface area contributed by atoms with Crippen LogP contribution in [-0.4, -0.2) is 31.1 Å². The molecule has 0 aliphatic carbocycles. The molecule has 2 nitrogen and oxygen atoms in total. The lowest BCUT2D eigenvalue weighted by molar-refractivity contribution is 0.128.